The second-order valence-electron chi connectivity index (χ2n) is 3.10. The lowest BCUT2D eigenvalue weighted by Crippen LogP contribution is -2.13. The number of carbonyl (C=O) groups is 1. The Morgan fingerprint density at radius 3 is 2.67 bits per heavy atom. The van der Waals surface area contributed by atoms with Gasteiger partial charge < -0.3 is 10.4 Å². The van der Waals surface area contributed by atoms with Crippen LogP contribution < -0.4 is 5.32 Å². The van der Waals surface area contributed by atoms with Crippen molar-refractivity contribution < 1.29 is 9.90 Å². The summed E-state index contributed by atoms with van der Waals surface area (Å²) in [6.07, 6.45) is 2.75. The van der Waals surface area contributed by atoms with E-state index in [4.69, 9.17) is 11.6 Å². The molecule has 0 atom stereocenters. The second kappa shape index (κ2) is 3.79. The van der Waals surface area contributed by atoms with Gasteiger partial charge in [0.05, 0.1) is 5.70 Å². The van der Waals surface area contributed by atoms with E-state index in [0.29, 0.717) is 10.7 Å². The van der Waals surface area contributed by atoms with Gasteiger partial charge in [-0.05, 0) is 17.7 Å². The first kappa shape index (κ1) is 9.80. The molecule has 2 N–H and O–H groups in total. The van der Waals surface area contributed by atoms with E-state index in [0.717, 1.165) is 11.6 Å². The van der Waals surface area contributed by atoms with Crippen LogP contribution in [0.25, 0.3) is 6.08 Å². The molecule has 0 saturated heterocycles. The standard InChI is InChI=1S/C11H8ClNO2/c12-8-4-2-1-3-7(8)5-9-10(14)6-11(15)13-9/h1-6,14H,(H,13,15). The van der Waals surface area contributed by atoms with Crippen molar-refractivity contribution in [3.63, 3.8) is 0 Å². The maximum atomic E-state index is 10.9. The molecular formula is C11H8ClNO2. The summed E-state index contributed by atoms with van der Waals surface area (Å²) >= 11 is 5.93. The number of carbonyl (C=O) groups excluding carboxylic acids is 1. The molecule has 3 nitrogen and oxygen atoms in total. The number of benzene rings is 1. The first-order valence-electron chi connectivity index (χ1n) is 4.35. The summed E-state index contributed by atoms with van der Waals surface area (Å²) in [5.41, 5.74) is 1.12. The topological polar surface area (TPSA) is 49.3 Å². The van der Waals surface area contributed by atoms with Gasteiger partial charge in [-0.3, -0.25) is 4.79 Å². The number of rotatable bonds is 1. The zero-order valence-electron chi connectivity index (χ0n) is 7.70. The Balaban J connectivity index is 2.37. The Hall–Kier alpha value is -1.74. The van der Waals surface area contributed by atoms with Gasteiger partial charge in [-0.25, -0.2) is 0 Å². The normalized spacial score (nSPS) is 17.8. The van der Waals surface area contributed by atoms with E-state index in [2.05, 4.69) is 5.32 Å². The van der Waals surface area contributed by atoms with E-state index in [-0.39, 0.29) is 11.7 Å². The third kappa shape index (κ3) is 2.02. The molecule has 76 valence electrons. The zero-order chi connectivity index (χ0) is 10.8. The molecule has 1 aromatic rings. The van der Waals surface area contributed by atoms with Crippen molar-refractivity contribution in [3.05, 3.63) is 52.4 Å². The van der Waals surface area contributed by atoms with Crippen LogP contribution in [0.4, 0.5) is 0 Å². The van der Waals surface area contributed by atoms with Crippen LogP contribution in [0.5, 0.6) is 0 Å². The Labute approximate surface area is 91.7 Å². The molecule has 1 heterocycles. The Kier molecular flexibility index (Phi) is 2.47. The molecule has 0 fully saturated rings. The summed E-state index contributed by atoms with van der Waals surface area (Å²) in [5.74, 6) is -0.397. The number of amides is 1. The molecule has 0 unspecified atom stereocenters. The van der Waals surface area contributed by atoms with Crippen molar-refractivity contribution in [2.75, 3.05) is 0 Å². The molecule has 2 rings (SSSR count). The summed E-state index contributed by atoms with van der Waals surface area (Å²) in [7, 11) is 0. The maximum absolute atomic E-state index is 10.9. The quantitative estimate of drug-likeness (QED) is 0.764. The number of hydrogen-bond donors (Lipinski definition) is 2. The van der Waals surface area contributed by atoms with Gasteiger partial charge in [0, 0.05) is 11.1 Å². The lowest BCUT2D eigenvalue weighted by Gasteiger charge is -2.01. The van der Waals surface area contributed by atoms with Gasteiger partial charge in [0.25, 0.3) is 5.91 Å². The fourth-order valence-electron chi connectivity index (χ4n) is 1.29. The zero-order valence-corrected chi connectivity index (χ0v) is 8.45. The highest BCUT2D eigenvalue weighted by molar-refractivity contribution is 6.32. The maximum Gasteiger partial charge on any atom is 0.252 e. The molecule has 0 saturated carbocycles. The van der Waals surface area contributed by atoms with Gasteiger partial charge in [-0.2, -0.15) is 0 Å². The smallest absolute Gasteiger partial charge is 0.252 e. The van der Waals surface area contributed by atoms with Crippen LogP contribution in [0.3, 0.4) is 0 Å². The Bertz CT molecular complexity index is 477. The minimum absolute atomic E-state index is 0.0695. The van der Waals surface area contributed by atoms with Crippen molar-refractivity contribution in [1.29, 1.82) is 0 Å². The predicted molar refractivity (Wildman–Crippen MR) is 58.3 cm³/mol. The monoisotopic (exact) mass is 221 g/mol. The second-order valence-corrected chi connectivity index (χ2v) is 3.51. The molecule has 15 heavy (non-hydrogen) atoms. The van der Waals surface area contributed by atoms with Crippen molar-refractivity contribution >= 4 is 23.6 Å². The Morgan fingerprint density at radius 2 is 2.07 bits per heavy atom. The molecular weight excluding hydrogens is 214 g/mol. The summed E-state index contributed by atoms with van der Waals surface area (Å²) in [6.45, 7) is 0. The lowest BCUT2D eigenvalue weighted by molar-refractivity contribution is -0.115. The van der Waals surface area contributed by atoms with E-state index >= 15 is 0 Å². The highest BCUT2D eigenvalue weighted by atomic mass is 35.5. The van der Waals surface area contributed by atoms with Gasteiger partial charge in [0.15, 0.2) is 0 Å². The van der Waals surface area contributed by atoms with Gasteiger partial charge in [-0.1, -0.05) is 29.8 Å². The number of aliphatic hydroxyl groups excluding tert-OH is 1. The van der Waals surface area contributed by atoms with Gasteiger partial charge in [0.2, 0.25) is 0 Å². The molecule has 1 aliphatic heterocycles. The molecule has 0 bridgehead atoms. The molecule has 0 radical (unpaired) electrons. The van der Waals surface area contributed by atoms with E-state index < -0.39 is 0 Å². The largest absolute Gasteiger partial charge is 0.506 e. The Morgan fingerprint density at radius 1 is 1.33 bits per heavy atom. The van der Waals surface area contributed by atoms with Crippen LogP contribution in [0.15, 0.2) is 41.8 Å². The lowest BCUT2D eigenvalue weighted by atomic mass is 10.2. The summed E-state index contributed by atoms with van der Waals surface area (Å²) in [6, 6.07) is 7.18. The molecule has 0 spiro atoms. The van der Waals surface area contributed by atoms with Crippen LogP contribution >= 0.6 is 11.6 Å². The molecule has 4 heteroatoms. The molecule has 1 aromatic carbocycles. The third-order valence-electron chi connectivity index (χ3n) is 2.01. The van der Waals surface area contributed by atoms with Gasteiger partial charge in [-0.15, -0.1) is 0 Å². The minimum atomic E-state index is -0.328. The van der Waals surface area contributed by atoms with E-state index in [1.54, 1.807) is 18.2 Å². The summed E-state index contributed by atoms with van der Waals surface area (Å²) in [5, 5.41) is 12.4. The van der Waals surface area contributed by atoms with Crippen LogP contribution in [0.1, 0.15) is 5.56 Å². The third-order valence-corrected chi connectivity index (χ3v) is 2.35. The first-order valence-corrected chi connectivity index (χ1v) is 4.73. The van der Waals surface area contributed by atoms with Crippen molar-refractivity contribution in [1.82, 2.24) is 5.32 Å². The fraction of sp³-hybridized carbons (Fsp3) is 0. The minimum Gasteiger partial charge on any atom is -0.506 e. The fourth-order valence-corrected chi connectivity index (χ4v) is 1.48. The van der Waals surface area contributed by atoms with Crippen molar-refractivity contribution in [2.24, 2.45) is 0 Å². The van der Waals surface area contributed by atoms with E-state index in [1.165, 1.54) is 0 Å². The number of nitrogens with one attached hydrogen (secondary N) is 1. The SMILES string of the molecule is O=C1C=C(O)C(=Cc2ccccc2Cl)N1. The van der Waals surface area contributed by atoms with Crippen LogP contribution in [0.2, 0.25) is 5.02 Å². The van der Waals surface area contributed by atoms with E-state index in [9.17, 15) is 9.90 Å². The van der Waals surface area contributed by atoms with Gasteiger partial charge >= 0.3 is 0 Å². The summed E-state index contributed by atoms with van der Waals surface area (Å²) < 4.78 is 0. The molecule has 1 amide bonds. The highest BCUT2D eigenvalue weighted by Crippen LogP contribution is 2.20. The highest BCUT2D eigenvalue weighted by Gasteiger charge is 2.16. The van der Waals surface area contributed by atoms with E-state index in [1.807, 2.05) is 12.1 Å². The average Bonchev–Trinajstić information content (AvgIpc) is 2.49. The van der Waals surface area contributed by atoms with Crippen LogP contribution in [-0.2, 0) is 4.79 Å². The van der Waals surface area contributed by atoms with Crippen molar-refractivity contribution in [2.45, 2.75) is 0 Å². The summed E-state index contributed by atoms with van der Waals surface area (Å²) in [4.78, 5) is 10.9. The molecule has 0 aliphatic carbocycles. The number of aliphatic hydroxyl groups is 1. The van der Waals surface area contributed by atoms with Gasteiger partial charge in [0.1, 0.15) is 5.76 Å². The first-order chi connectivity index (χ1) is 7.16. The van der Waals surface area contributed by atoms with Crippen molar-refractivity contribution in [3.8, 4) is 0 Å². The number of halogens is 1. The number of hydrogen-bond acceptors (Lipinski definition) is 2. The van der Waals surface area contributed by atoms with Crippen LogP contribution in [-0.4, -0.2) is 11.0 Å². The van der Waals surface area contributed by atoms with Crippen LogP contribution in [0, 0.1) is 0 Å². The predicted octanol–water partition coefficient (Wildman–Crippen LogP) is 2.25. The average molecular weight is 222 g/mol. The molecule has 1 aliphatic rings. The molecule has 0 aromatic heterocycles.